The molecule has 0 fully saturated rings. The lowest BCUT2D eigenvalue weighted by Crippen LogP contribution is -2.25. The Kier molecular flexibility index (Phi) is 6.20. The van der Waals surface area contributed by atoms with Crippen LogP contribution < -0.4 is 0 Å². The second kappa shape index (κ2) is 11.2. The molecule has 0 saturated carbocycles. The first kappa shape index (κ1) is 30.0. The smallest absolute Gasteiger partial charge is 0.165 e. The first-order valence-corrected chi connectivity index (χ1v) is 17.7. The van der Waals surface area contributed by atoms with Crippen LogP contribution >= 0.6 is 0 Å². The van der Waals surface area contributed by atoms with E-state index in [-0.39, 0.29) is 0 Å². The number of furan rings is 1. The minimum atomic E-state index is -0.632. The van der Waals surface area contributed by atoms with E-state index < -0.39 is 5.41 Å². The van der Waals surface area contributed by atoms with E-state index in [9.17, 15) is 10.5 Å². The second-order valence-corrected chi connectivity index (χ2v) is 13.7. The second-order valence-electron chi connectivity index (χ2n) is 13.7. The van der Waals surface area contributed by atoms with Gasteiger partial charge in [-0.15, -0.1) is 0 Å². The van der Waals surface area contributed by atoms with Crippen molar-refractivity contribution in [2.75, 3.05) is 0 Å². The van der Waals surface area contributed by atoms with Gasteiger partial charge in [-0.2, -0.15) is 10.5 Å². The number of fused-ring (bicyclic) bond motifs is 14. The highest BCUT2D eigenvalue weighted by atomic mass is 16.3. The summed E-state index contributed by atoms with van der Waals surface area (Å²) < 4.78 is 6.69. The number of benzene rings is 7. The maximum Gasteiger partial charge on any atom is 0.165 e. The molecule has 0 atom stereocenters. The quantitative estimate of drug-likeness (QED) is 0.183. The number of nitrogens with zero attached hydrogens (tertiary/aromatic N) is 5. The lowest BCUT2D eigenvalue weighted by Gasteiger charge is -2.30. The van der Waals surface area contributed by atoms with Gasteiger partial charge in [0.05, 0.1) is 28.7 Å². The van der Waals surface area contributed by atoms with E-state index in [2.05, 4.69) is 78.9 Å². The van der Waals surface area contributed by atoms with Gasteiger partial charge in [0.25, 0.3) is 0 Å². The van der Waals surface area contributed by atoms with E-state index in [1.807, 2.05) is 84.9 Å². The third-order valence-electron chi connectivity index (χ3n) is 11.0. The van der Waals surface area contributed by atoms with Crippen molar-refractivity contribution in [3.05, 3.63) is 185 Å². The van der Waals surface area contributed by atoms with Crippen molar-refractivity contribution >= 4 is 21.9 Å². The van der Waals surface area contributed by atoms with Crippen LogP contribution in [-0.2, 0) is 5.41 Å². The first-order valence-electron chi connectivity index (χ1n) is 17.7. The van der Waals surface area contributed by atoms with Crippen molar-refractivity contribution in [2.45, 2.75) is 5.41 Å². The largest absolute Gasteiger partial charge is 0.456 e. The van der Waals surface area contributed by atoms with Crippen molar-refractivity contribution in [2.24, 2.45) is 0 Å². The number of hydrogen-bond acceptors (Lipinski definition) is 6. The van der Waals surface area contributed by atoms with Crippen molar-refractivity contribution in [3.63, 3.8) is 0 Å². The van der Waals surface area contributed by atoms with E-state index in [4.69, 9.17) is 19.4 Å². The van der Waals surface area contributed by atoms with Crippen LogP contribution in [0.2, 0.25) is 0 Å². The van der Waals surface area contributed by atoms with E-state index in [0.29, 0.717) is 45.3 Å². The molecule has 0 bridgehead atoms. The highest BCUT2D eigenvalue weighted by molar-refractivity contribution is 6.17. The maximum atomic E-state index is 10.7. The Morgan fingerprint density at radius 1 is 0.463 bits per heavy atom. The van der Waals surface area contributed by atoms with Gasteiger partial charge in [0.1, 0.15) is 11.2 Å². The summed E-state index contributed by atoms with van der Waals surface area (Å²) in [6, 6.07) is 55.7. The van der Waals surface area contributed by atoms with Crippen molar-refractivity contribution in [1.29, 1.82) is 10.5 Å². The standard InChI is InChI=1S/C48H25N5O/c49-26-28-19-20-34-40(23-28)48(37-17-9-7-15-32(37)33-16-8-10-18-38(33)48)39-21-22-41-44(43(34)39)36-24-31(27-50)35(25-42(36)54-41)47-52-45(29-11-3-1-4-12-29)51-46(53-47)30-13-5-2-6-14-30/h1-25H. The molecule has 0 N–H and O–H groups in total. The molecule has 9 aromatic rings. The molecule has 0 unspecified atom stereocenters. The van der Waals surface area contributed by atoms with Gasteiger partial charge in [-0.3, -0.25) is 0 Å². The Labute approximate surface area is 309 Å². The summed E-state index contributed by atoms with van der Waals surface area (Å²) in [5.74, 6) is 1.42. The molecule has 0 radical (unpaired) electrons. The summed E-state index contributed by atoms with van der Waals surface area (Å²) in [4.78, 5) is 14.7. The third kappa shape index (κ3) is 4.00. The van der Waals surface area contributed by atoms with Crippen LogP contribution in [-0.4, -0.2) is 15.0 Å². The fourth-order valence-electron chi connectivity index (χ4n) is 8.82. The van der Waals surface area contributed by atoms with Crippen molar-refractivity contribution in [1.82, 2.24) is 15.0 Å². The minimum Gasteiger partial charge on any atom is -0.456 e. The lowest BCUT2D eigenvalue weighted by atomic mass is 9.70. The molecule has 0 saturated heterocycles. The fourth-order valence-corrected chi connectivity index (χ4v) is 8.82. The molecule has 1 spiro atoms. The topological polar surface area (TPSA) is 99.4 Å². The zero-order chi connectivity index (χ0) is 36.0. The number of rotatable bonds is 3. The molecule has 2 heterocycles. The SMILES string of the molecule is N#Cc1ccc2c(c1)C1(c3ccccc3-c3ccccc31)c1ccc3oc4cc(-c5nc(-c6ccccc6)nc(-c6ccccc6)n5)c(C#N)cc4c3c1-2. The van der Waals surface area contributed by atoms with Gasteiger partial charge in [0.2, 0.25) is 0 Å². The highest BCUT2D eigenvalue weighted by Gasteiger charge is 2.52. The van der Waals surface area contributed by atoms with E-state index in [0.717, 1.165) is 44.2 Å². The van der Waals surface area contributed by atoms with Gasteiger partial charge in [0, 0.05) is 27.5 Å². The number of hydrogen-bond donors (Lipinski definition) is 0. The Morgan fingerprint density at radius 3 is 1.70 bits per heavy atom. The summed E-state index contributed by atoms with van der Waals surface area (Å²) in [5.41, 5.74) is 13.0. The van der Waals surface area contributed by atoms with Gasteiger partial charge < -0.3 is 4.42 Å². The average Bonchev–Trinajstić information content (AvgIpc) is 3.86. The summed E-state index contributed by atoms with van der Waals surface area (Å²) in [7, 11) is 0. The third-order valence-corrected chi connectivity index (χ3v) is 11.0. The molecule has 0 aliphatic heterocycles. The minimum absolute atomic E-state index is 0.388. The molecule has 6 nitrogen and oxygen atoms in total. The van der Waals surface area contributed by atoms with Crippen LogP contribution in [0, 0.1) is 22.7 Å². The molecular formula is C48H25N5O. The van der Waals surface area contributed by atoms with Gasteiger partial charge in [-0.25, -0.2) is 15.0 Å². The normalized spacial score (nSPS) is 12.9. The molecule has 248 valence electrons. The van der Waals surface area contributed by atoms with Gasteiger partial charge >= 0.3 is 0 Å². The summed E-state index contributed by atoms with van der Waals surface area (Å²) in [6.07, 6.45) is 0. The van der Waals surface area contributed by atoms with E-state index >= 15 is 0 Å². The molecule has 7 aromatic carbocycles. The van der Waals surface area contributed by atoms with Crippen molar-refractivity contribution in [3.8, 4) is 68.6 Å². The predicted molar refractivity (Wildman–Crippen MR) is 209 cm³/mol. The van der Waals surface area contributed by atoms with Gasteiger partial charge in [-0.1, -0.05) is 121 Å². The van der Waals surface area contributed by atoms with E-state index in [1.165, 1.54) is 22.3 Å². The molecule has 54 heavy (non-hydrogen) atoms. The van der Waals surface area contributed by atoms with Crippen LogP contribution in [0.15, 0.2) is 156 Å². The number of nitriles is 2. The average molecular weight is 688 g/mol. The highest BCUT2D eigenvalue weighted by Crippen LogP contribution is 2.64. The maximum absolute atomic E-state index is 10.7. The Bertz CT molecular complexity index is 3030. The summed E-state index contributed by atoms with van der Waals surface area (Å²) in [5, 5.41) is 22.6. The van der Waals surface area contributed by atoms with E-state index in [1.54, 1.807) is 0 Å². The Balaban J connectivity index is 1.20. The summed E-state index contributed by atoms with van der Waals surface area (Å²) in [6.45, 7) is 0. The molecule has 6 heteroatoms. The molecule has 2 aliphatic rings. The molecule has 11 rings (SSSR count). The number of aromatic nitrogens is 3. The summed E-state index contributed by atoms with van der Waals surface area (Å²) >= 11 is 0. The Hall–Kier alpha value is -7.67. The lowest BCUT2D eigenvalue weighted by molar-refractivity contribution is 0.668. The Morgan fingerprint density at radius 2 is 1.07 bits per heavy atom. The van der Waals surface area contributed by atoms with Crippen LogP contribution in [0.25, 0.3) is 78.4 Å². The van der Waals surface area contributed by atoms with Gasteiger partial charge in [-0.05, 0) is 74.8 Å². The van der Waals surface area contributed by atoms with Crippen LogP contribution in [0.4, 0.5) is 0 Å². The first-order chi connectivity index (χ1) is 26.7. The van der Waals surface area contributed by atoms with Crippen LogP contribution in [0.3, 0.4) is 0 Å². The van der Waals surface area contributed by atoms with Crippen LogP contribution in [0.1, 0.15) is 33.4 Å². The van der Waals surface area contributed by atoms with Gasteiger partial charge in [0.15, 0.2) is 17.5 Å². The van der Waals surface area contributed by atoms with Crippen molar-refractivity contribution < 1.29 is 4.42 Å². The zero-order valence-electron chi connectivity index (χ0n) is 28.6. The zero-order valence-corrected chi connectivity index (χ0v) is 28.6. The monoisotopic (exact) mass is 687 g/mol. The molecule has 2 aromatic heterocycles. The molecular weight excluding hydrogens is 663 g/mol. The molecule has 2 aliphatic carbocycles. The fraction of sp³-hybridized carbons (Fsp3) is 0.0208. The van der Waals surface area contributed by atoms with Crippen LogP contribution in [0.5, 0.6) is 0 Å². The molecule has 0 amide bonds. The predicted octanol–water partition coefficient (Wildman–Crippen LogP) is 10.9.